The molecule has 5 nitrogen and oxygen atoms in total. The molecule has 64 valence electrons. The van der Waals surface area contributed by atoms with E-state index in [1.54, 1.807) is 0 Å². The first-order chi connectivity index (χ1) is 3.77. The molecule has 0 bridgehead atoms. The Morgan fingerprint density at radius 1 is 1.50 bits per heavy atom. The fraction of sp³-hybridized carbons (Fsp3) is 0.667. The van der Waals surface area contributed by atoms with Crippen LogP contribution in [0.2, 0.25) is 0 Å². The molecule has 0 aliphatic carbocycles. The Bertz CT molecular complexity index is 80.9. The summed E-state index contributed by atoms with van der Waals surface area (Å²) in [5, 5.41) is 9.15. The normalized spacial score (nSPS) is 6.90. The van der Waals surface area contributed by atoms with Crippen molar-refractivity contribution in [1.82, 2.24) is 5.32 Å². The zero-order valence-corrected chi connectivity index (χ0v) is 6.93. The predicted octanol–water partition coefficient (Wildman–Crippen LogP) is -0.797. The zero-order valence-electron chi connectivity index (χ0n) is 5.29. The standard InChI is InChI=1S/C3H10N4O.2ClH/c4-3(5)7-1-2-8-6;;/h1-2,6H2,(H4,4,5,7);2*1H. The fourth-order valence-corrected chi connectivity index (χ4v) is 0.245. The van der Waals surface area contributed by atoms with Crippen molar-refractivity contribution in [3.05, 3.63) is 0 Å². The molecule has 6 N–H and O–H groups in total. The molecule has 0 saturated heterocycles. The van der Waals surface area contributed by atoms with Crippen molar-refractivity contribution < 1.29 is 4.84 Å². The minimum Gasteiger partial charge on any atom is -0.370 e. The van der Waals surface area contributed by atoms with Gasteiger partial charge in [0.25, 0.3) is 0 Å². The second-order valence-corrected chi connectivity index (χ2v) is 1.21. The summed E-state index contributed by atoms with van der Waals surface area (Å²) in [5.41, 5.74) is 4.91. The number of guanidine groups is 1. The summed E-state index contributed by atoms with van der Waals surface area (Å²) in [4.78, 5) is 4.18. The first-order valence-corrected chi connectivity index (χ1v) is 2.17. The lowest BCUT2D eigenvalue weighted by Crippen LogP contribution is -2.33. The highest BCUT2D eigenvalue weighted by atomic mass is 35.5. The van der Waals surface area contributed by atoms with Gasteiger partial charge < -0.3 is 15.9 Å². The van der Waals surface area contributed by atoms with Crippen molar-refractivity contribution >= 4 is 30.8 Å². The van der Waals surface area contributed by atoms with Crippen LogP contribution in [-0.4, -0.2) is 19.1 Å². The van der Waals surface area contributed by atoms with Gasteiger partial charge in [-0.25, -0.2) is 5.90 Å². The average molecular weight is 191 g/mol. The van der Waals surface area contributed by atoms with E-state index in [-0.39, 0.29) is 30.8 Å². The highest BCUT2D eigenvalue weighted by Crippen LogP contribution is 1.57. The van der Waals surface area contributed by atoms with Crippen LogP contribution < -0.4 is 16.9 Å². The van der Waals surface area contributed by atoms with E-state index in [1.807, 2.05) is 0 Å². The molecule has 0 rings (SSSR count). The number of hydrogen-bond acceptors (Lipinski definition) is 3. The van der Waals surface area contributed by atoms with E-state index in [2.05, 4.69) is 16.1 Å². The molecular formula is C3H12Cl2N4O. The van der Waals surface area contributed by atoms with Crippen LogP contribution in [0.5, 0.6) is 0 Å². The van der Waals surface area contributed by atoms with Crippen LogP contribution in [-0.2, 0) is 4.84 Å². The van der Waals surface area contributed by atoms with Crippen LogP contribution in [0.15, 0.2) is 0 Å². The lowest BCUT2D eigenvalue weighted by Gasteiger charge is -1.99. The molecule has 0 aromatic heterocycles. The third-order valence-electron chi connectivity index (χ3n) is 0.535. The molecule has 0 aromatic carbocycles. The van der Waals surface area contributed by atoms with Gasteiger partial charge in [0.05, 0.1) is 6.61 Å². The largest absolute Gasteiger partial charge is 0.370 e. The molecule has 7 heteroatoms. The maximum absolute atomic E-state index is 6.64. The lowest BCUT2D eigenvalue weighted by molar-refractivity contribution is 0.143. The predicted molar refractivity (Wildman–Crippen MR) is 44.6 cm³/mol. The van der Waals surface area contributed by atoms with Crippen LogP contribution in [0.3, 0.4) is 0 Å². The smallest absolute Gasteiger partial charge is 0.185 e. The molecule has 0 spiro atoms. The molecule has 0 radical (unpaired) electrons. The van der Waals surface area contributed by atoms with Crippen LogP contribution in [0, 0.1) is 5.41 Å². The molecule has 0 saturated carbocycles. The Balaban J connectivity index is -0.000000245. The third-order valence-corrected chi connectivity index (χ3v) is 0.535. The minimum absolute atomic E-state index is 0. The molecule has 0 aliphatic heterocycles. The first kappa shape index (κ1) is 16.4. The topological polar surface area (TPSA) is 97.2 Å². The van der Waals surface area contributed by atoms with E-state index in [9.17, 15) is 0 Å². The summed E-state index contributed by atoms with van der Waals surface area (Å²) in [6.45, 7) is 0.839. The summed E-state index contributed by atoms with van der Waals surface area (Å²) >= 11 is 0. The second kappa shape index (κ2) is 11.6. The quantitative estimate of drug-likeness (QED) is 0.203. The van der Waals surface area contributed by atoms with Gasteiger partial charge in [0.1, 0.15) is 0 Å². The minimum atomic E-state index is -0.0675. The van der Waals surface area contributed by atoms with Gasteiger partial charge in [-0.3, -0.25) is 5.41 Å². The highest BCUT2D eigenvalue weighted by Gasteiger charge is 1.83. The van der Waals surface area contributed by atoms with Crippen LogP contribution in [0.4, 0.5) is 0 Å². The highest BCUT2D eigenvalue weighted by molar-refractivity contribution is 5.85. The number of halogens is 2. The summed E-state index contributed by atoms with van der Waals surface area (Å²) in [6.07, 6.45) is 0. The molecule has 0 amide bonds. The van der Waals surface area contributed by atoms with Crippen LogP contribution >= 0.6 is 24.8 Å². The van der Waals surface area contributed by atoms with Crippen LogP contribution in [0.1, 0.15) is 0 Å². The van der Waals surface area contributed by atoms with E-state index in [4.69, 9.17) is 11.1 Å². The van der Waals surface area contributed by atoms with E-state index in [1.165, 1.54) is 0 Å². The van der Waals surface area contributed by atoms with Crippen molar-refractivity contribution in [2.75, 3.05) is 13.2 Å². The molecule has 0 fully saturated rings. The van der Waals surface area contributed by atoms with E-state index >= 15 is 0 Å². The van der Waals surface area contributed by atoms with Crippen LogP contribution in [0.25, 0.3) is 0 Å². The molecule has 0 unspecified atom stereocenters. The molecule has 0 aliphatic rings. The molecular weight excluding hydrogens is 179 g/mol. The Morgan fingerprint density at radius 2 is 2.00 bits per heavy atom. The Hall–Kier alpha value is -0.230. The zero-order chi connectivity index (χ0) is 6.41. The first-order valence-electron chi connectivity index (χ1n) is 2.17. The van der Waals surface area contributed by atoms with Gasteiger partial charge in [-0.2, -0.15) is 0 Å². The number of rotatable bonds is 3. The Labute approximate surface area is 71.8 Å². The SMILES string of the molecule is Cl.Cl.N=C(N)NCCON. The second-order valence-electron chi connectivity index (χ2n) is 1.21. The Morgan fingerprint density at radius 3 is 2.30 bits per heavy atom. The fourth-order valence-electron chi connectivity index (χ4n) is 0.245. The maximum atomic E-state index is 6.64. The van der Waals surface area contributed by atoms with Gasteiger partial charge in [-0.05, 0) is 0 Å². The van der Waals surface area contributed by atoms with Crippen molar-refractivity contribution in [3.63, 3.8) is 0 Å². The molecule has 0 aromatic rings. The van der Waals surface area contributed by atoms with Gasteiger partial charge in [0, 0.05) is 6.54 Å². The Kier molecular flexibility index (Phi) is 18.9. The van der Waals surface area contributed by atoms with Crippen molar-refractivity contribution in [3.8, 4) is 0 Å². The molecule has 0 atom stereocenters. The lowest BCUT2D eigenvalue weighted by atomic mass is 10.7. The third kappa shape index (κ3) is 15.7. The summed E-state index contributed by atoms with van der Waals surface area (Å²) in [7, 11) is 0. The van der Waals surface area contributed by atoms with E-state index in [0.29, 0.717) is 13.2 Å². The average Bonchev–Trinajstić information content (AvgIpc) is 1.66. The summed E-state index contributed by atoms with van der Waals surface area (Å²) in [6, 6.07) is 0. The van der Waals surface area contributed by atoms with E-state index < -0.39 is 0 Å². The summed E-state index contributed by atoms with van der Waals surface area (Å²) < 4.78 is 0. The molecule has 10 heavy (non-hydrogen) atoms. The van der Waals surface area contributed by atoms with Gasteiger partial charge >= 0.3 is 0 Å². The monoisotopic (exact) mass is 190 g/mol. The van der Waals surface area contributed by atoms with Crippen molar-refractivity contribution in [2.24, 2.45) is 11.6 Å². The van der Waals surface area contributed by atoms with Gasteiger partial charge in [-0.15, -0.1) is 24.8 Å². The van der Waals surface area contributed by atoms with Crippen molar-refractivity contribution in [2.45, 2.75) is 0 Å². The van der Waals surface area contributed by atoms with Gasteiger partial charge in [0.15, 0.2) is 5.96 Å². The number of nitrogens with one attached hydrogen (secondary N) is 2. The van der Waals surface area contributed by atoms with Gasteiger partial charge in [0.2, 0.25) is 0 Å². The molecule has 0 heterocycles. The van der Waals surface area contributed by atoms with Gasteiger partial charge in [-0.1, -0.05) is 0 Å². The maximum Gasteiger partial charge on any atom is 0.185 e. The van der Waals surface area contributed by atoms with E-state index in [0.717, 1.165) is 0 Å². The summed E-state index contributed by atoms with van der Waals surface area (Å²) in [5.74, 6) is 4.60. The number of nitrogens with two attached hydrogens (primary N) is 2. The number of hydrogen-bond donors (Lipinski definition) is 4. The van der Waals surface area contributed by atoms with Crippen molar-refractivity contribution in [1.29, 1.82) is 5.41 Å².